The second kappa shape index (κ2) is 7.54. The van der Waals surface area contributed by atoms with Gasteiger partial charge >= 0.3 is 18.3 Å². The summed E-state index contributed by atoms with van der Waals surface area (Å²) in [6.07, 6.45) is 4.19. The summed E-state index contributed by atoms with van der Waals surface area (Å²) in [5.74, 6) is -1.61. The van der Waals surface area contributed by atoms with Gasteiger partial charge in [-0.2, -0.15) is 23.4 Å². The molecule has 0 aromatic carbocycles. The predicted molar refractivity (Wildman–Crippen MR) is 107 cm³/mol. The minimum Gasteiger partial charge on any atom is -0.412 e. The number of aromatic nitrogens is 8. The maximum Gasteiger partial charge on any atom is 0.333 e. The van der Waals surface area contributed by atoms with Gasteiger partial charge in [-0.25, -0.2) is 14.2 Å². The van der Waals surface area contributed by atoms with E-state index in [4.69, 9.17) is 4.42 Å². The average molecular weight is 469 g/mol. The molecule has 34 heavy (non-hydrogen) atoms. The number of imidazole rings is 1. The number of halogens is 3. The fourth-order valence-corrected chi connectivity index (χ4v) is 4.03. The van der Waals surface area contributed by atoms with Crippen molar-refractivity contribution in [2.45, 2.75) is 19.0 Å². The monoisotopic (exact) mass is 469 g/mol. The van der Waals surface area contributed by atoms with Gasteiger partial charge in [-0.3, -0.25) is 4.79 Å². The standard InChI is InChI=1S/C20H14F3N9O2/c21-14-3-1-2-11-6-13(29-32(11)14)16-15-12(24-9-25-15)4-5-30(16)19(33)18-28-27-17(34-18)10-7-26-31(8-10)20(22)23/h1-3,6-9,16,20H,4-5H2,(H,24,25). The van der Waals surface area contributed by atoms with Crippen LogP contribution in [0.3, 0.4) is 0 Å². The van der Waals surface area contributed by atoms with Crippen LogP contribution >= 0.6 is 0 Å². The Morgan fingerprint density at radius 3 is 2.94 bits per heavy atom. The molecule has 1 unspecified atom stereocenters. The van der Waals surface area contributed by atoms with Crippen LogP contribution in [0, 0.1) is 5.95 Å². The smallest absolute Gasteiger partial charge is 0.333 e. The SMILES string of the molecule is O=C(c1nnc(-c2cnn(C(F)F)c2)o1)N1CCc2[nH]cnc2C1c1cc2cccc(F)n2n1. The Hall–Kier alpha value is -4.49. The molecule has 1 atom stereocenters. The average Bonchev–Trinajstić information content (AvgIpc) is 3.62. The van der Waals surface area contributed by atoms with Gasteiger partial charge in [0.25, 0.3) is 5.89 Å². The van der Waals surface area contributed by atoms with Gasteiger partial charge in [-0.15, -0.1) is 10.2 Å². The molecule has 172 valence electrons. The first-order valence-electron chi connectivity index (χ1n) is 10.1. The Morgan fingerprint density at radius 1 is 1.26 bits per heavy atom. The van der Waals surface area contributed by atoms with E-state index in [1.165, 1.54) is 17.3 Å². The summed E-state index contributed by atoms with van der Waals surface area (Å²) in [7, 11) is 0. The van der Waals surface area contributed by atoms with Gasteiger partial charge in [0.05, 0.1) is 35.0 Å². The number of nitrogens with zero attached hydrogens (tertiary/aromatic N) is 8. The van der Waals surface area contributed by atoms with Crippen LogP contribution in [0.15, 0.2) is 47.4 Å². The molecule has 5 aromatic heterocycles. The van der Waals surface area contributed by atoms with E-state index in [0.29, 0.717) is 28.0 Å². The molecule has 14 heteroatoms. The molecule has 0 saturated heterocycles. The Labute approximate surface area is 187 Å². The van der Waals surface area contributed by atoms with E-state index < -0.39 is 24.4 Å². The van der Waals surface area contributed by atoms with Gasteiger partial charge in [0, 0.05) is 24.9 Å². The normalized spacial score (nSPS) is 15.9. The van der Waals surface area contributed by atoms with Crippen molar-refractivity contribution in [1.82, 2.24) is 44.5 Å². The highest BCUT2D eigenvalue weighted by atomic mass is 19.3. The molecule has 0 saturated carbocycles. The van der Waals surface area contributed by atoms with Crippen LogP contribution in [0.25, 0.3) is 17.0 Å². The van der Waals surface area contributed by atoms with Gasteiger partial charge < -0.3 is 14.3 Å². The summed E-state index contributed by atoms with van der Waals surface area (Å²) in [6.45, 7) is -2.55. The molecule has 0 fully saturated rings. The minimum atomic E-state index is -2.83. The number of carbonyl (C=O) groups is 1. The van der Waals surface area contributed by atoms with Crippen LogP contribution in [0.4, 0.5) is 13.2 Å². The lowest BCUT2D eigenvalue weighted by Crippen LogP contribution is -2.41. The number of alkyl halides is 2. The van der Waals surface area contributed by atoms with Crippen LogP contribution in [0.2, 0.25) is 0 Å². The predicted octanol–water partition coefficient (Wildman–Crippen LogP) is 2.63. The van der Waals surface area contributed by atoms with Gasteiger partial charge in [0.1, 0.15) is 6.04 Å². The van der Waals surface area contributed by atoms with Crippen molar-refractivity contribution < 1.29 is 22.4 Å². The largest absolute Gasteiger partial charge is 0.412 e. The fraction of sp³-hybridized carbons (Fsp3) is 0.200. The number of hydrogen-bond donors (Lipinski definition) is 1. The lowest BCUT2D eigenvalue weighted by atomic mass is 9.99. The molecule has 5 aromatic rings. The topological polar surface area (TPSA) is 123 Å². The molecule has 6 heterocycles. The molecule has 0 radical (unpaired) electrons. The third-order valence-electron chi connectivity index (χ3n) is 5.58. The summed E-state index contributed by atoms with van der Waals surface area (Å²) in [6, 6.07) is 5.48. The summed E-state index contributed by atoms with van der Waals surface area (Å²) < 4.78 is 46.9. The third-order valence-corrected chi connectivity index (χ3v) is 5.58. The summed E-state index contributed by atoms with van der Waals surface area (Å²) >= 11 is 0. The second-order valence-corrected chi connectivity index (χ2v) is 7.57. The summed E-state index contributed by atoms with van der Waals surface area (Å²) in [5, 5.41) is 15.5. The molecule has 0 bridgehead atoms. The van der Waals surface area contributed by atoms with Gasteiger partial charge in [-0.05, 0) is 18.2 Å². The highest BCUT2D eigenvalue weighted by Crippen LogP contribution is 2.34. The van der Waals surface area contributed by atoms with Gasteiger partial charge in [-0.1, -0.05) is 6.07 Å². The fourth-order valence-electron chi connectivity index (χ4n) is 4.03. The zero-order chi connectivity index (χ0) is 23.4. The highest BCUT2D eigenvalue weighted by molar-refractivity contribution is 5.90. The second-order valence-electron chi connectivity index (χ2n) is 7.57. The van der Waals surface area contributed by atoms with E-state index >= 15 is 0 Å². The Morgan fingerprint density at radius 2 is 2.15 bits per heavy atom. The maximum atomic E-state index is 14.2. The maximum absolute atomic E-state index is 14.2. The highest BCUT2D eigenvalue weighted by Gasteiger charge is 2.38. The molecule has 0 spiro atoms. The molecule has 11 nitrogen and oxygen atoms in total. The first kappa shape index (κ1) is 20.1. The van der Waals surface area contributed by atoms with Crippen molar-refractivity contribution in [2.24, 2.45) is 0 Å². The summed E-state index contributed by atoms with van der Waals surface area (Å²) in [4.78, 5) is 22.3. The Bertz CT molecular complexity index is 1520. The van der Waals surface area contributed by atoms with E-state index in [9.17, 15) is 18.0 Å². The molecular formula is C20H14F3N9O2. The van der Waals surface area contributed by atoms with Gasteiger partial charge in [0.15, 0.2) is 0 Å². The number of amides is 1. The van der Waals surface area contributed by atoms with Crippen molar-refractivity contribution in [2.75, 3.05) is 6.54 Å². The van der Waals surface area contributed by atoms with Crippen molar-refractivity contribution in [1.29, 1.82) is 0 Å². The van der Waals surface area contributed by atoms with Crippen LogP contribution in [-0.2, 0) is 6.42 Å². The number of aromatic amines is 1. The zero-order valence-electron chi connectivity index (χ0n) is 17.1. The van der Waals surface area contributed by atoms with E-state index in [1.54, 1.807) is 18.2 Å². The molecule has 1 N–H and O–H groups in total. The summed E-state index contributed by atoms with van der Waals surface area (Å²) in [5.41, 5.74) is 2.47. The van der Waals surface area contributed by atoms with Gasteiger partial charge in [0.2, 0.25) is 5.95 Å². The number of H-pyrrole nitrogens is 1. The number of hydrogen-bond acceptors (Lipinski definition) is 7. The van der Waals surface area contributed by atoms with Crippen molar-refractivity contribution in [3.8, 4) is 11.5 Å². The van der Waals surface area contributed by atoms with E-state index in [2.05, 4.69) is 30.4 Å². The lowest BCUT2D eigenvalue weighted by molar-refractivity contribution is 0.0566. The minimum absolute atomic E-state index is 0.126. The van der Waals surface area contributed by atoms with Crippen molar-refractivity contribution in [3.05, 3.63) is 71.9 Å². The number of rotatable bonds is 4. The van der Waals surface area contributed by atoms with E-state index in [1.807, 2.05) is 0 Å². The van der Waals surface area contributed by atoms with Crippen LogP contribution in [0.1, 0.15) is 40.4 Å². The molecule has 1 aliphatic heterocycles. The van der Waals surface area contributed by atoms with Crippen molar-refractivity contribution in [3.63, 3.8) is 0 Å². The lowest BCUT2D eigenvalue weighted by Gasteiger charge is -2.32. The number of nitrogens with one attached hydrogen (secondary N) is 1. The van der Waals surface area contributed by atoms with Crippen molar-refractivity contribution >= 4 is 11.4 Å². The van der Waals surface area contributed by atoms with Crippen LogP contribution in [0.5, 0.6) is 0 Å². The quantitative estimate of drug-likeness (QED) is 0.402. The molecule has 1 amide bonds. The first-order chi connectivity index (χ1) is 16.5. The van der Waals surface area contributed by atoms with E-state index in [0.717, 1.165) is 22.6 Å². The molecular weight excluding hydrogens is 455 g/mol. The van der Waals surface area contributed by atoms with Crippen LogP contribution < -0.4 is 0 Å². The van der Waals surface area contributed by atoms with Crippen LogP contribution in [-0.4, -0.2) is 56.9 Å². The Balaban J connectivity index is 1.37. The molecule has 0 aliphatic carbocycles. The molecule has 1 aliphatic rings. The Kier molecular flexibility index (Phi) is 4.46. The van der Waals surface area contributed by atoms with E-state index in [-0.39, 0.29) is 23.9 Å². The molecule has 6 rings (SSSR count). The number of carbonyl (C=O) groups excluding carboxylic acids is 1. The third kappa shape index (κ3) is 3.14. The zero-order valence-corrected chi connectivity index (χ0v) is 17.1. The number of fused-ring (bicyclic) bond motifs is 2. The first-order valence-corrected chi connectivity index (χ1v) is 10.1. The number of pyridine rings is 1.